The number of nitrogens with zero attached hydrogens (tertiary/aromatic N) is 1. The number of nitrogens with two attached hydrogens (primary N) is 1. The van der Waals surface area contributed by atoms with E-state index in [1.807, 2.05) is 0 Å². The zero-order chi connectivity index (χ0) is 10.3. The summed E-state index contributed by atoms with van der Waals surface area (Å²) in [7, 11) is -4.22. The molecule has 0 amide bonds. The van der Waals surface area contributed by atoms with Crippen LogP contribution in [-0.4, -0.2) is 18.4 Å². The van der Waals surface area contributed by atoms with E-state index in [1.54, 1.807) is 0 Å². The van der Waals surface area contributed by atoms with Gasteiger partial charge in [0.1, 0.15) is 0 Å². The van der Waals surface area contributed by atoms with Crippen molar-refractivity contribution in [1.82, 2.24) is 9.97 Å². The summed E-state index contributed by atoms with van der Waals surface area (Å²) in [6.45, 7) is 0. The zero-order valence-corrected chi connectivity index (χ0v) is 8.02. The van der Waals surface area contributed by atoms with E-state index in [1.165, 1.54) is 0 Å². The highest BCUT2D eigenvalue weighted by Gasteiger charge is 2.28. The average Bonchev–Trinajstić information content (AvgIpc) is 2.06. The van der Waals surface area contributed by atoms with Crippen LogP contribution in [0.1, 0.15) is 0 Å². The van der Waals surface area contributed by atoms with E-state index >= 15 is 0 Å². The molecule has 8 nitrogen and oxygen atoms in total. The first-order valence-corrected chi connectivity index (χ1v) is 4.92. The normalized spacial score (nSPS) is 17.7. The van der Waals surface area contributed by atoms with Crippen LogP contribution in [0.3, 0.4) is 0 Å². The molecule has 0 bridgehead atoms. The van der Waals surface area contributed by atoms with Crippen molar-refractivity contribution < 1.29 is 21.8 Å². The van der Waals surface area contributed by atoms with Crippen molar-refractivity contribution in [2.24, 2.45) is 0 Å². The molecule has 1 aromatic rings. The summed E-state index contributed by atoms with van der Waals surface area (Å²) in [4.78, 5) is 10.3. The Kier molecular flexibility index (Phi) is 1.83. The third kappa shape index (κ3) is 1.49. The lowest BCUT2D eigenvalue weighted by molar-refractivity contribution is -0.116. The third-order valence-electron chi connectivity index (χ3n) is 1.25. The predicted molar refractivity (Wildman–Crippen MR) is 45.1 cm³/mol. The molecule has 1 aromatic heterocycles. The minimum atomic E-state index is -4.22. The van der Waals surface area contributed by atoms with Gasteiger partial charge in [0.15, 0.2) is 4.64 Å². The second-order valence-electron chi connectivity index (χ2n) is 2.23. The van der Waals surface area contributed by atoms with Crippen LogP contribution in [0.15, 0.2) is 0 Å². The topological polar surface area (TPSA) is 117 Å². The Balaban J connectivity index is 2.64. The molecule has 0 fully saturated rings. The molecule has 0 unspecified atom stereocenters. The predicted octanol–water partition coefficient (Wildman–Crippen LogP) is -0.331. The quantitative estimate of drug-likeness (QED) is 0.465. The zero-order valence-electron chi connectivity index (χ0n) is 6.38. The number of hydrogen-bond acceptors (Lipinski definition) is 8. The summed E-state index contributed by atoms with van der Waals surface area (Å²) in [5.41, 5.74) is 5.28. The number of fused-ring (bicyclic) bond motifs is 1. The van der Waals surface area contributed by atoms with Crippen molar-refractivity contribution in [3.8, 4) is 11.6 Å². The first kappa shape index (κ1) is 9.18. The van der Waals surface area contributed by atoms with E-state index in [0.29, 0.717) is 0 Å². The average molecular weight is 237 g/mol. The fourth-order valence-corrected chi connectivity index (χ4v) is 1.61. The number of nitrogens with one attached hydrogen (secondary N) is 1. The molecule has 0 saturated heterocycles. The molecule has 1 aliphatic heterocycles. The van der Waals surface area contributed by atoms with Gasteiger partial charge >= 0.3 is 10.4 Å². The molecule has 0 aromatic carbocycles. The molecular formula is C4H3N3O5S2. The van der Waals surface area contributed by atoms with Gasteiger partial charge in [0, 0.05) is 0 Å². The molecule has 1 aliphatic rings. The molecular weight excluding hydrogens is 234 g/mol. The van der Waals surface area contributed by atoms with Crippen molar-refractivity contribution >= 4 is 28.6 Å². The fraction of sp³-hybridized carbons (Fsp3) is 0. The van der Waals surface area contributed by atoms with Crippen LogP contribution in [0.25, 0.3) is 0 Å². The molecule has 3 N–H and O–H groups in total. The number of rotatable bonds is 0. The molecule has 2 heterocycles. The van der Waals surface area contributed by atoms with Crippen molar-refractivity contribution in [3.05, 3.63) is 4.64 Å². The van der Waals surface area contributed by atoms with Crippen LogP contribution < -0.4 is 14.8 Å². The number of hydrogen-bond donors (Lipinski definition) is 2. The molecule has 2 rings (SSSR count). The van der Waals surface area contributed by atoms with Gasteiger partial charge in [-0.2, -0.15) is 13.4 Å². The van der Waals surface area contributed by atoms with Crippen LogP contribution in [0.4, 0.5) is 5.95 Å². The Hall–Kier alpha value is -1.39. The van der Waals surface area contributed by atoms with Gasteiger partial charge in [-0.25, -0.2) is 0 Å². The summed E-state index contributed by atoms with van der Waals surface area (Å²) >= 11 is 4.69. The summed E-state index contributed by atoms with van der Waals surface area (Å²) in [5.74, 6) is -0.432. The second-order valence-corrected chi connectivity index (χ2v) is 3.73. The van der Waals surface area contributed by atoms with Crippen LogP contribution in [0.5, 0.6) is 11.6 Å². The molecule has 0 aliphatic carbocycles. The number of nitrogen functional groups attached to an aromatic ring is 1. The van der Waals surface area contributed by atoms with Crippen LogP contribution in [0, 0.1) is 4.64 Å². The van der Waals surface area contributed by atoms with E-state index in [4.69, 9.17) is 18.0 Å². The molecule has 0 atom stereocenters. The monoisotopic (exact) mass is 237 g/mol. The van der Waals surface area contributed by atoms with Crippen LogP contribution >= 0.6 is 12.2 Å². The largest absolute Gasteiger partial charge is 0.485 e. The fourth-order valence-electron chi connectivity index (χ4n) is 0.782. The van der Waals surface area contributed by atoms with Crippen LogP contribution in [-0.2, 0) is 14.7 Å². The highest BCUT2D eigenvalue weighted by atomic mass is 32.3. The minimum absolute atomic E-state index is 0.0414. The van der Waals surface area contributed by atoms with Gasteiger partial charge < -0.3 is 9.92 Å². The maximum Gasteiger partial charge on any atom is 0.485 e. The number of anilines is 1. The molecule has 0 spiro atoms. The SMILES string of the molecule is Nc1nc(=S)c2c([nH]1)OOS(=O)(=O)O2. The molecule has 0 radical (unpaired) electrons. The van der Waals surface area contributed by atoms with Crippen molar-refractivity contribution in [3.63, 3.8) is 0 Å². The summed E-state index contributed by atoms with van der Waals surface area (Å²) in [6, 6.07) is 0. The Morgan fingerprint density at radius 2 is 2.21 bits per heavy atom. The summed E-state index contributed by atoms with van der Waals surface area (Å²) in [6.07, 6.45) is 0. The second kappa shape index (κ2) is 2.80. The van der Waals surface area contributed by atoms with Crippen LogP contribution in [0.2, 0.25) is 0 Å². The smallest absolute Gasteiger partial charge is 0.369 e. The first-order chi connectivity index (χ1) is 6.48. The number of H-pyrrole nitrogens is 1. The Bertz CT molecular complexity index is 534. The lowest BCUT2D eigenvalue weighted by Gasteiger charge is -2.14. The van der Waals surface area contributed by atoms with Crippen molar-refractivity contribution in [1.29, 1.82) is 0 Å². The van der Waals surface area contributed by atoms with E-state index in [9.17, 15) is 8.42 Å². The van der Waals surface area contributed by atoms with Gasteiger partial charge in [-0.05, 0) is 4.33 Å². The maximum atomic E-state index is 10.8. The third-order valence-corrected chi connectivity index (χ3v) is 2.13. The number of aromatic nitrogens is 2. The van der Waals surface area contributed by atoms with Crippen molar-refractivity contribution in [2.75, 3.05) is 5.73 Å². The van der Waals surface area contributed by atoms with Crippen molar-refractivity contribution in [2.45, 2.75) is 0 Å². The number of aromatic amines is 1. The van der Waals surface area contributed by atoms with Gasteiger partial charge in [-0.1, -0.05) is 12.2 Å². The Morgan fingerprint density at radius 3 is 2.93 bits per heavy atom. The lowest BCUT2D eigenvalue weighted by atomic mass is 10.6. The van der Waals surface area contributed by atoms with E-state index in [-0.39, 0.29) is 22.2 Å². The van der Waals surface area contributed by atoms with Gasteiger partial charge in [0.2, 0.25) is 11.7 Å². The van der Waals surface area contributed by atoms with Gasteiger partial charge in [0.25, 0.3) is 5.88 Å². The standard InChI is InChI=1S/C4H3N3O5S2/c5-4-6-2-1(3(13)7-4)11-14(8,9)12-10-2/h(H3,5,6,7,13). The van der Waals surface area contributed by atoms with E-state index < -0.39 is 10.4 Å². The minimum Gasteiger partial charge on any atom is -0.369 e. The van der Waals surface area contributed by atoms with Gasteiger partial charge in [0.05, 0.1) is 0 Å². The molecule has 10 heteroatoms. The first-order valence-electron chi connectivity index (χ1n) is 3.18. The summed E-state index contributed by atoms with van der Waals surface area (Å²) < 4.78 is 29.7. The van der Waals surface area contributed by atoms with E-state index in [2.05, 4.69) is 23.4 Å². The highest BCUT2D eigenvalue weighted by molar-refractivity contribution is 7.82. The maximum absolute atomic E-state index is 10.8. The summed E-state index contributed by atoms with van der Waals surface area (Å²) in [5, 5.41) is 0. The van der Waals surface area contributed by atoms with Gasteiger partial charge in [-0.3, -0.25) is 9.87 Å². The molecule has 14 heavy (non-hydrogen) atoms. The lowest BCUT2D eigenvalue weighted by Crippen LogP contribution is -2.22. The Labute approximate surface area is 82.9 Å². The highest BCUT2D eigenvalue weighted by Crippen LogP contribution is 2.31. The molecule has 76 valence electrons. The van der Waals surface area contributed by atoms with E-state index in [0.717, 1.165) is 0 Å². The van der Waals surface area contributed by atoms with Gasteiger partial charge in [-0.15, -0.1) is 0 Å². The Morgan fingerprint density at radius 1 is 1.50 bits per heavy atom. The molecule has 0 saturated carbocycles.